The van der Waals surface area contributed by atoms with E-state index in [2.05, 4.69) is 24.4 Å². The van der Waals surface area contributed by atoms with Crippen molar-refractivity contribution in [2.24, 2.45) is 0 Å². The number of nitrogens with one attached hydrogen (secondary N) is 1. The van der Waals surface area contributed by atoms with Crippen LogP contribution < -0.4 is 5.32 Å². The number of carbonyl (C=O) groups is 2. The molecule has 1 aliphatic rings. The predicted molar refractivity (Wildman–Crippen MR) is 157 cm³/mol. The van der Waals surface area contributed by atoms with Crippen LogP contribution in [0.25, 0.3) is 0 Å². The van der Waals surface area contributed by atoms with Crippen molar-refractivity contribution in [3.8, 4) is 0 Å². The molecule has 216 valence electrons. The molecule has 1 heterocycles. The topological polar surface area (TPSA) is 58.6 Å². The average Bonchev–Trinajstić information content (AvgIpc) is 2.93. The first-order chi connectivity index (χ1) is 18.6. The number of carbonyl (C=O) groups excluding carboxylic acids is 2. The summed E-state index contributed by atoms with van der Waals surface area (Å²) in [5, 5.41) is 2.98. The van der Waals surface area contributed by atoms with Gasteiger partial charge in [-0.1, -0.05) is 83.6 Å². The number of hydrogen-bond donors (Lipinski definition) is 1. The lowest BCUT2D eigenvalue weighted by Crippen LogP contribution is -2.46. The molecule has 0 radical (unpaired) electrons. The lowest BCUT2D eigenvalue weighted by atomic mass is 9.93. The Balaban J connectivity index is 0.00000533. The molecule has 2 amide bonds. The summed E-state index contributed by atoms with van der Waals surface area (Å²) in [7, 11) is 0. The Morgan fingerprint density at radius 3 is 2.23 bits per heavy atom. The molecule has 0 fully saturated rings. The van der Waals surface area contributed by atoms with Crippen LogP contribution in [-0.4, -0.2) is 42.5 Å². The molecule has 0 aliphatic carbocycles. The molecule has 5 nitrogen and oxygen atoms in total. The van der Waals surface area contributed by atoms with E-state index in [1.165, 1.54) is 43.4 Å². The van der Waals surface area contributed by atoms with Gasteiger partial charge in [0.15, 0.2) is 0 Å². The zero-order valence-electron chi connectivity index (χ0n) is 23.1. The Kier molecular flexibility index (Phi) is 15.4. The predicted octanol–water partition coefficient (Wildman–Crippen LogP) is 7.47. The van der Waals surface area contributed by atoms with Crippen LogP contribution in [0.4, 0.5) is 4.39 Å². The van der Waals surface area contributed by atoms with E-state index >= 15 is 0 Å². The van der Waals surface area contributed by atoms with Crippen LogP contribution in [0.15, 0.2) is 48.5 Å². The number of halogens is 1. The second kappa shape index (κ2) is 18.5. The molecular weight excluding hydrogens is 491 g/mol. The maximum atomic E-state index is 13.4. The van der Waals surface area contributed by atoms with Crippen molar-refractivity contribution in [3.63, 3.8) is 0 Å². The lowest BCUT2D eigenvalue weighted by molar-refractivity contribution is -0.121. The highest BCUT2D eigenvalue weighted by Gasteiger charge is 2.30. The minimum absolute atomic E-state index is 0. The Bertz CT molecular complexity index is 979. The second-order valence-corrected chi connectivity index (χ2v) is 10.4. The minimum atomic E-state index is -0.340. The Morgan fingerprint density at radius 1 is 0.897 bits per heavy atom. The van der Waals surface area contributed by atoms with E-state index in [1.807, 2.05) is 17.0 Å². The van der Waals surface area contributed by atoms with Crippen LogP contribution in [0.2, 0.25) is 0 Å². The van der Waals surface area contributed by atoms with Crippen molar-refractivity contribution in [3.05, 3.63) is 71.0 Å². The Morgan fingerprint density at radius 2 is 1.54 bits per heavy atom. The molecule has 1 aliphatic heterocycles. The quantitative estimate of drug-likeness (QED) is 0.212. The van der Waals surface area contributed by atoms with Crippen molar-refractivity contribution in [1.82, 2.24) is 10.2 Å². The summed E-state index contributed by atoms with van der Waals surface area (Å²) in [5.74, 6) is -0.225. The second-order valence-electron chi connectivity index (χ2n) is 10.4. The van der Waals surface area contributed by atoms with Gasteiger partial charge in [-0.15, -0.1) is 0 Å². The first-order valence-electron chi connectivity index (χ1n) is 14.6. The number of unbranched alkanes of at least 4 members (excludes halogenated alkanes) is 8. The fourth-order valence-corrected chi connectivity index (χ4v) is 5.00. The third-order valence-electron chi connectivity index (χ3n) is 7.31. The molecule has 2 aromatic rings. The van der Waals surface area contributed by atoms with Gasteiger partial charge in [0.05, 0.1) is 12.6 Å². The van der Waals surface area contributed by atoms with Gasteiger partial charge in [0.2, 0.25) is 5.91 Å². The summed E-state index contributed by atoms with van der Waals surface area (Å²) >= 11 is 0. The van der Waals surface area contributed by atoms with E-state index in [1.54, 1.807) is 12.1 Å². The Hall–Kier alpha value is -2.73. The van der Waals surface area contributed by atoms with E-state index in [9.17, 15) is 14.0 Å². The van der Waals surface area contributed by atoms with E-state index in [0.717, 1.165) is 57.1 Å². The molecule has 6 heteroatoms. The zero-order valence-corrected chi connectivity index (χ0v) is 23.1. The van der Waals surface area contributed by atoms with Gasteiger partial charge < -0.3 is 15.0 Å². The van der Waals surface area contributed by atoms with Gasteiger partial charge >= 0.3 is 0 Å². The van der Waals surface area contributed by atoms with Gasteiger partial charge in [-0.2, -0.15) is 0 Å². The summed E-state index contributed by atoms with van der Waals surface area (Å²) in [4.78, 5) is 26.8. The van der Waals surface area contributed by atoms with Gasteiger partial charge in [-0.25, -0.2) is 4.39 Å². The molecule has 0 saturated heterocycles. The number of hydrogen-bond acceptors (Lipinski definition) is 3. The van der Waals surface area contributed by atoms with Gasteiger partial charge in [0.1, 0.15) is 5.82 Å². The van der Waals surface area contributed by atoms with Gasteiger partial charge in [-0.3, -0.25) is 9.59 Å². The van der Waals surface area contributed by atoms with E-state index in [4.69, 9.17) is 4.74 Å². The standard InChI is InChI=1S/C32H45FN2O3.CH4/c1-2-3-21-34-31(36)16-10-8-6-4-5-7-9-13-22-38-25-30-23-27-14-11-12-15-28(27)24-35(30)32(37)26-17-19-29(33)20-18-26;/h11-12,14-15,17-20,30H,2-10,13,16,21-25H2,1H3,(H,34,36);1H4. The minimum Gasteiger partial charge on any atom is -0.379 e. The number of nitrogens with zero attached hydrogens (tertiary/aromatic N) is 1. The molecule has 1 unspecified atom stereocenters. The molecule has 0 spiro atoms. The SMILES string of the molecule is C.CCCCNC(=O)CCCCCCCCCCOCC1Cc2ccccc2CN1C(=O)c1ccc(F)cc1. The number of benzene rings is 2. The first-order valence-corrected chi connectivity index (χ1v) is 14.6. The van der Waals surface area contributed by atoms with Crippen molar-refractivity contribution in [2.45, 2.75) is 104 Å². The molecule has 1 atom stereocenters. The molecule has 1 N–H and O–H groups in total. The molecular formula is C33H49FN2O3. The van der Waals surface area contributed by atoms with Crippen LogP contribution in [0.1, 0.15) is 106 Å². The summed E-state index contributed by atoms with van der Waals surface area (Å²) in [6, 6.07) is 14.0. The highest BCUT2D eigenvalue weighted by atomic mass is 19.1. The van der Waals surface area contributed by atoms with Crippen LogP contribution >= 0.6 is 0 Å². The third kappa shape index (κ3) is 11.5. The summed E-state index contributed by atoms with van der Waals surface area (Å²) in [6.07, 6.45) is 12.7. The summed E-state index contributed by atoms with van der Waals surface area (Å²) in [5.41, 5.74) is 2.93. The van der Waals surface area contributed by atoms with E-state index < -0.39 is 0 Å². The third-order valence-corrected chi connectivity index (χ3v) is 7.31. The van der Waals surface area contributed by atoms with Crippen LogP contribution in [0.5, 0.6) is 0 Å². The van der Waals surface area contributed by atoms with Crippen LogP contribution in [-0.2, 0) is 22.5 Å². The maximum absolute atomic E-state index is 13.4. The van der Waals surface area contributed by atoms with Crippen molar-refractivity contribution < 1.29 is 18.7 Å². The Labute approximate surface area is 235 Å². The van der Waals surface area contributed by atoms with Crippen LogP contribution in [0.3, 0.4) is 0 Å². The highest BCUT2D eigenvalue weighted by molar-refractivity contribution is 5.94. The first kappa shape index (κ1) is 32.5. The molecule has 3 rings (SSSR count). The zero-order chi connectivity index (χ0) is 27.0. The molecule has 0 saturated carbocycles. The van der Waals surface area contributed by atoms with Crippen molar-refractivity contribution in [1.29, 1.82) is 0 Å². The molecule has 0 aromatic heterocycles. The molecule has 0 bridgehead atoms. The monoisotopic (exact) mass is 540 g/mol. The summed E-state index contributed by atoms with van der Waals surface area (Å²) in [6.45, 7) is 4.69. The van der Waals surface area contributed by atoms with Crippen molar-refractivity contribution >= 4 is 11.8 Å². The maximum Gasteiger partial charge on any atom is 0.254 e. The molecule has 39 heavy (non-hydrogen) atoms. The fourth-order valence-electron chi connectivity index (χ4n) is 5.00. The lowest BCUT2D eigenvalue weighted by Gasteiger charge is -2.37. The van der Waals surface area contributed by atoms with Gasteiger partial charge in [0.25, 0.3) is 5.91 Å². The average molecular weight is 541 g/mol. The molecule has 2 aromatic carbocycles. The normalized spacial score (nSPS) is 14.4. The number of fused-ring (bicyclic) bond motifs is 1. The van der Waals surface area contributed by atoms with Gasteiger partial charge in [-0.05, 0) is 61.1 Å². The van der Waals surface area contributed by atoms with Crippen LogP contribution in [0, 0.1) is 5.82 Å². The summed E-state index contributed by atoms with van der Waals surface area (Å²) < 4.78 is 19.4. The van der Waals surface area contributed by atoms with E-state index in [-0.39, 0.29) is 31.1 Å². The smallest absolute Gasteiger partial charge is 0.254 e. The largest absolute Gasteiger partial charge is 0.379 e. The number of amides is 2. The number of ether oxygens (including phenoxy) is 1. The van der Waals surface area contributed by atoms with Crippen molar-refractivity contribution in [2.75, 3.05) is 19.8 Å². The number of rotatable bonds is 17. The van der Waals surface area contributed by atoms with E-state index in [0.29, 0.717) is 31.7 Å². The van der Waals surface area contributed by atoms with Gasteiger partial charge in [0, 0.05) is 31.7 Å². The highest BCUT2D eigenvalue weighted by Crippen LogP contribution is 2.25. The fraction of sp³-hybridized carbons (Fsp3) is 0.576.